The van der Waals surface area contributed by atoms with Crippen molar-refractivity contribution in [2.75, 3.05) is 18.4 Å². The maximum Gasteiger partial charge on any atom is 0.490 e. The average Bonchev–Trinajstić information content (AvgIpc) is 3.31. The quantitative estimate of drug-likeness (QED) is 0.523. The van der Waals surface area contributed by atoms with E-state index in [2.05, 4.69) is 10.3 Å². The Morgan fingerprint density at radius 2 is 1.72 bits per heavy atom. The topological polar surface area (TPSA) is 109 Å². The molecule has 0 aliphatic carbocycles. The molecule has 39 heavy (non-hydrogen) atoms. The molecule has 0 radical (unpaired) electrons. The molecule has 1 unspecified atom stereocenters. The van der Waals surface area contributed by atoms with Crippen molar-refractivity contribution < 1.29 is 50.6 Å². The highest BCUT2D eigenvalue weighted by molar-refractivity contribution is 5.95. The lowest BCUT2D eigenvalue weighted by Gasteiger charge is -2.44. The van der Waals surface area contributed by atoms with Gasteiger partial charge in [-0.1, -0.05) is 6.92 Å². The summed E-state index contributed by atoms with van der Waals surface area (Å²) in [6.07, 6.45) is -5.04. The number of ether oxygens (including phenoxy) is 1. The van der Waals surface area contributed by atoms with Crippen LogP contribution in [0, 0.1) is 5.92 Å². The Balaban J connectivity index is 0.000000532. The van der Waals surface area contributed by atoms with E-state index in [1.54, 1.807) is 29.4 Å². The molecule has 0 saturated carbocycles. The molecule has 2 aliphatic heterocycles. The van der Waals surface area contributed by atoms with Crippen LogP contribution < -0.4 is 5.32 Å². The first-order chi connectivity index (χ1) is 18.1. The third kappa shape index (κ3) is 7.46. The zero-order chi connectivity index (χ0) is 29.0. The molecule has 1 spiro atoms. The number of amides is 2. The van der Waals surface area contributed by atoms with E-state index in [4.69, 9.17) is 14.6 Å². The number of alkyl halides is 6. The Kier molecular flexibility index (Phi) is 8.88. The van der Waals surface area contributed by atoms with Gasteiger partial charge < -0.3 is 20.1 Å². The number of rotatable bonds is 3. The molecule has 2 fully saturated rings. The van der Waals surface area contributed by atoms with E-state index >= 15 is 0 Å². The van der Waals surface area contributed by atoms with E-state index in [1.165, 1.54) is 12.1 Å². The van der Waals surface area contributed by atoms with Gasteiger partial charge in [0.25, 0.3) is 11.8 Å². The number of likely N-dealkylation sites (tertiary alicyclic amines) is 1. The fourth-order valence-corrected chi connectivity index (χ4v) is 4.49. The summed E-state index contributed by atoms with van der Waals surface area (Å²) in [5, 5.41) is 9.94. The van der Waals surface area contributed by atoms with Crippen molar-refractivity contribution in [1.82, 2.24) is 9.88 Å². The first kappa shape index (κ1) is 29.9. The van der Waals surface area contributed by atoms with Crippen LogP contribution in [-0.2, 0) is 20.5 Å². The Morgan fingerprint density at radius 1 is 1.08 bits per heavy atom. The lowest BCUT2D eigenvalue weighted by atomic mass is 9.80. The van der Waals surface area contributed by atoms with E-state index in [9.17, 15) is 35.9 Å². The second-order valence-corrected chi connectivity index (χ2v) is 9.22. The SMILES string of the molecule is C[C@H]1CN(C(=O)c2ccc(C(F)(F)F)cc2)CC[C@]12CCC(C(=O)Nc1cccnc1)O2.O=C(O)C(F)(F)F. The molecule has 2 aliphatic rings. The number of pyridine rings is 1. The van der Waals surface area contributed by atoms with Gasteiger partial charge in [-0.05, 0) is 55.7 Å². The summed E-state index contributed by atoms with van der Waals surface area (Å²) in [5.74, 6) is -3.30. The number of halogens is 6. The van der Waals surface area contributed by atoms with Crippen LogP contribution >= 0.6 is 0 Å². The third-order valence-electron chi connectivity index (χ3n) is 6.61. The van der Waals surface area contributed by atoms with Crippen LogP contribution in [0.1, 0.15) is 42.1 Å². The van der Waals surface area contributed by atoms with E-state index in [0.717, 1.165) is 12.1 Å². The first-order valence-electron chi connectivity index (χ1n) is 11.8. The molecule has 2 aromatic rings. The van der Waals surface area contributed by atoms with Gasteiger partial charge in [0.2, 0.25) is 0 Å². The highest BCUT2D eigenvalue weighted by Crippen LogP contribution is 2.43. The molecule has 4 rings (SSSR count). The molecule has 2 amide bonds. The molecule has 1 aromatic heterocycles. The van der Waals surface area contributed by atoms with Gasteiger partial charge in [-0.3, -0.25) is 14.6 Å². The van der Waals surface area contributed by atoms with Gasteiger partial charge in [0.1, 0.15) is 6.10 Å². The number of piperidine rings is 1. The van der Waals surface area contributed by atoms with Gasteiger partial charge in [-0.25, -0.2) is 4.79 Å². The summed E-state index contributed by atoms with van der Waals surface area (Å²) in [4.78, 5) is 39.9. The molecule has 1 aromatic carbocycles. The summed E-state index contributed by atoms with van der Waals surface area (Å²) < 4.78 is 76.3. The third-order valence-corrected chi connectivity index (χ3v) is 6.61. The van der Waals surface area contributed by atoms with Gasteiger partial charge in [-0.15, -0.1) is 0 Å². The van der Waals surface area contributed by atoms with E-state index in [-0.39, 0.29) is 23.3 Å². The second-order valence-electron chi connectivity index (χ2n) is 9.22. The molecule has 8 nitrogen and oxygen atoms in total. The monoisotopic (exact) mass is 561 g/mol. The summed E-state index contributed by atoms with van der Waals surface area (Å²) in [5.41, 5.74) is -0.447. The highest BCUT2D eigenvalue weighted by atomic mass is 19.4. The summed E-state index contributed by atoms with van der Waals surface area (Å²) in [6, 6.07) is 7.76. The zero-order valence-electron chi connectivity index (χ0n) is 20.6. The van der Waals surface area contributed by atoms with Gasteiger partial charge in [0.05, 0.1) is 23.0 Å². The van der Waals surface area contributed by atoms with Gasteiger partial charge in [0.15, 0.2) is 0 Å². The van der Waals surface area contributed by atoms with Gasteiger partial charge >= 0.3 is 18.3 Å². The lowest BCUT2D eigenvalue weighted by Crippen LogP contribution is -2.52. The van der Waals surface area contributed by atoms with Crippen LogP contribution in [0.3, 0.4) is 0 Å². The maximum atomic E-state index is 12.8. The maximum absolute atomic E-state index is 12.8. The summed E-state index contributed by atoms with van der Waals surface area (Å²) in [7, 11) is 0. The number of carboxylic acid groups (broad SMARTS) is 1. The number of nitrogens with zero attached hydrogens (tertiary/aromatic N) is 2. The first-order valence-corrected chi connectivity index (χ1v) is 11.8. The zero-order valence-corrected chi connectivity index (χ0v) is 20.6. The van der Waals surface area contributed by atoms with E-state index in [0.29, 0.717) is 38.0 Å². The van der Waals surface area contributed by atoms with Crippen molar-refractivity contribution in [3.63, 3.8) is 0 Å². The largest absolute Gasteiger partial charge is 0.490 e. The van der Waals surface area contributed by atoms with Crippen LogP contribution in [0.15, 0.2) is 48.8 Å². The van der Waals surface area contributed by atoms with Gasteiger partial charge in [0, 0.05) is 30.8 Å². The molecule has 0 bridgehead atoms. The number of hydrogen-bond acceptors (Lipinski definition) is 5. The molecular formula is C25H25F6N3O5. The number of nitrogens with one attached hydrogen (secondary N) is 1. The second kappa shape index (κ2) is 11.6. The minimum Gasteiger partial charge on any atom is -0.475 e. The number of aliphatic carboxylic acids is 1. The molecule has 212 valence electrons. The van der Waals surface area contributed by atoms with Crippen LogP contribution in [0.2, 0.25) is 0 Å². The smallest absolute Gasteiger partial charge is 0.475 e. The van der Waals surface area contributed by atoms with Crippen molar-refractivity contribution >= 4 is 23.5 Å². The van der Waals surface area contributed by atoms with E-state index in [1.807, 2.05) is 6.92 Å². The Labute approximate surface area is 219 Å². The van der Waals surface area contributed by atoms with Crippen molar-refractivity contribution in [2.45, 2.75) is 50.2 Å². The molecule has 2 N–H and O–H groups in total. The standard InChI is InChI=1S/C23H24F3N3O3.C2HF3O2/c1-15-14-29(21(31)16-4-6-17(7-5-16)23(24,25)26)12-10-22(15)9-8-19(32-22)20(30)28-18-3-2-11-27-13-18;3-2(4,5)1(6)7/h2-7,11,13,15,19H,8-10,12,14H2,1H3,(H,28,30);(H,6,7)/t15-,19?,22+;/m0./s1. The van der Waals surface area contributed by atoms with Crippen molar-refractivity contribution in [2.24, 2.45) is 5.92 Å². The van der Waals surface area contributed by atoms with Crippen LogP contribution in [0.25, 0.3) is 0 Å². The highest BCUT2D eigenvalue weighted by Gasteiger charge is 2.49. The summed E-state index contributed by atoms with van der Waals surface area (Å²) >= 11 is 0. The fourth-order valence-electron chi connectivity index (χ4n) is 4.49. The number of anilines is 1. The van der Waals surface area contributed by atoms with Crippen LogP contribution in [0.5, 0.6) is 0 Å². The molecule has 2 saturated heterocycles. The number of carboxylic acids is 1. The number of aromatic nitrogens is 1. The molecule has 3 heterocycles. The van der Waals surface area contributed by atoms with Crippen LogP contribution in [0.4, 0.5) is 32.0 Å². The van der Waals surface area contributed by atoms with Gasteiger partial charge in [-0.2, -0.15) is 26.3 Å². The predicted molar refractivity (Wildman–Crippen MR) is 125 cm³/mol. The van der Waals surface area contributed by atoms with E-state index < -0.39 is 35.6 Å². The van der Waals surface area contributed by atoms with Crippen molar-refractivity contribution in [3.8, 4) is 0 Å². The van der Waals surface area contributed by atoms with Crippen molar-refractivity contribution in [1.29, 1.82) is 0 Å². The predicted octanol–water partition coefficient (Wildman–Crippen LogP) is 4.77. The number of carbonyl (C=O) groups is 3. The number of benzene rings is 1. The van der Waals surface area contributed by atoms with Crippen molar-refractivity contribution in [3.05, 3.63) is 59.9 Å². The lowest BCUT2D eigenvalue weighted by molar-refractivity contribution is -0.192. The molecular weight excluding hydrogens is 536 g/mol. The van der Waals surface area contributed by atoms with Crippen LogP contribution in [-0.4, -0.2) is 63.7 Å². The normalized spacial score (nSPS) is 23.1. The minimum absolute atomic E-state index is 0.0224. The Hall–Kier alpha value is -3.68. The Morgan fingerprint density at radius 3 is 2.23 bits per heavy atom. The molecule has 3 atom stereocenters. The molecule has 14 heteroatoms. The average molecular weight is 561 g/mol. The summed E-state index contributed by atoms with van der Waals surface area (Å²) in [6.45, 7) is 2.81. The number of carbonyl (C=O) groups excluding carboxylic acids is 2. The minimum atomic E-state index is -5.08. The fraction of sp³-hybridized carbons (Fsp3) is 0.440. The Bertz CT molecular complexity index is 1170. The number of hydrogen-bond donors (Lipinski definition) is 2.